The Bertz CT molecular complexity index is 538. The van der Waals surface area contributed by atoms with Crippen LogP contribution >= 0.6 is 11.3 Å². The number of thiophene rings is 1. The lowest BCUT2D eigenvalue weighted by molar-refractivity contribution is 0.592. The van der Waals surface area contributed by atoms with Crippen LogP contribution in [0.2, 0.25) is 0 Å². The second kappa shape index (κ2) is 3.81. The van der Waals surface area contributed by atoms with Crippen LogP contribution in [0.4, 0.5) is 0 Å². The van der Waals surface area contributed by atoms with Gasteiger partial charge >= 0.3 is 0 Å². The van der Waals surface area contributed by atoms with Gasteiger partial charge in [-0.15, -0.1) is 11.3 Å². The predicted molar refractivity (Wildman–Crippen MR) is 77.0 cm³/mol. The minimum absolute atomic E-state index is 0.168. The van der Waals surface area contributed by atoms with Gasteiger partial charge in [-0.25, -0.2) is 0 Å². The largest absolute Gasteiger partial charge is 0.255 e. The van der Waals surface area contributed by atoms with Gasteiger partial charge in [-0.05, 0) is 33.4 Å². The zero-order valence-electron chi connectivity index (χ0n) is 11.6. The van der Waals surface area contributed by atoms with E-state index in [4.69, 9.17) is 0 Å². The van der Waals surface area contributed by atoms with Crippen molar-refractivity contribution in [3.8, 4) is 0 Å². The average molecular weight is 247 g/mol. The summed E-state index contributed by atoms with van der Waals surface area (Å²) in [6.45, 7) is 13.5. The zero-order chi connectivity index (χ0) is 12.8. The van der Waals surface area contributed by atoms with Crippen LogP contribution in [0.3, 0.4) is 0 Å². The molecule has 2 rings (SSSR count). The summed E-state index contributed by atoms with van der Waals surface area (Å²) in [5, 5.41) is 2.27. The van der Waals surface area contributed by atoms with Crippen molar-refractivity contribution in [3.05, 3.63) is 28.8 Å². The van der Waals surface area contributed by atoms with Crippen molar-refractivity contribution in [2.24, 2.45) is 0 Å². The lowest BCUT2D eigenvalue weighted by Crippen LogP contribution is -2.13. The first-order valence-corrected chi connectivity index (χ1v) is 6.96. The highest BCUT2D eigenvalue weighted by molar-refractivity contribution is 7.17. The minimum Gasteiger partial charge on any atom is -0.255 e. The van der Waals surface area contributed by atoms with E-state index < -0.39 is 0 Å². The first-order valence-electron chi connectivity index (χ1n) is 6.08. The van der Waals surface area contributed by atoms with Crippen molar-refractivity contribution in [2.75, 3.05) is 0 Å². The van der Waals surface area contributed by atoms with Crippen LogP contribution in [0.1, 0.15) is 52.7 Å². The molecule has 17 heavy (non-hydrogen) atoms. The van der Waals surface area contributed by atoms with Crippen LogP contribution in [0.5, 0.6) is 0 Å². The van der Waals surface area contributed by atoms with E-state index in [0.29, 0.717) is 0 Å². The topological polar surface area (TPSA) is 12.9 Å². The molecule has 0 atom stereocenters. The lowest BCUT2D eigenvalue weighted by Gasteiger charge is -2.21. The van der Waals surface area contributed by atoms with Gasteiger partial charge in [0.25, 0.3) is 0 Å². The van der Waals surface area contributed by atoms with Gasteiger partial charge in [0.2, 0.25) is 0 Å². The number of pyridine rings is 1. The van der Waals surface area contributed by atoms with E-state index in [1.54, 1.807) is 0 Å². The summed E-state index contributed by atoms with van der Waals surface area (Å²) in [6, 6.07) is 2.16. The maximum Gasteiger partial charge on any atom is 0.0849 e. The van der Waals surface area contributed by atoms with Crippen LogP contribution in [0.15, 0.2) is 17.6 Å². The molecule has 0 fully saturated rings. The first kappa shape index (κ1) is 12.6. The molecule has 0 amide bonds. The molecule has 92 valence electrons. The molecule has 2 aromatic heterocycles. The summed E-state index contributed by atoms with van der Waals surface area (Å²) in [7, 11) is 0. The van der Waals surface area contributed by atoms with E-state index in [-0.39, 0.29) is 10.8 Å². The second-order valence-electron chi connectivity index (χ2n) is 6.69. The number of fused-ring (bicyclic) bond motifs is 1. The van der Waals surface area contributed by atoms with Crippen molar-refractivity contribution >= 4 is 21.6 Å². The van der Waals surface area contributed by atoms with Crippen molar-refractivity contribution < 1.29 is 0 Å². The van der Waals surface area contributed by atoms with Crippen molar-refractivity contribution in [2.45, 2.75) is 52.4 Å². The highest BCUT2D eigenvalue weighted by atomic mass is 32.1. The molecule has 0 bridgehead atoms. The van der Waals surface area contributed by atoms with E-state index in [0.717, 1.165) is 0 Å². The number of hydrogen-bond acceptors (Lipinski definition) is 2. The summed E-state index contributed by atoms with van der Waals surface area (Å²) in [5.41, 5.74) is 4.31. The third-order valence-electron chi connectivity index (χ3n) is 3.07. The van der Waals surface area contributed by atoms with Crippen molar-refractivity contribution in [1.82, 2.24) is 4.98 Å². The molecule has 0 unspecified atom stereocenters. The van der Waals surface area contributed by atoms with E-state index in [1.165, 1.54) is 21.3 Å². The van der Waals surface area contributed by atoms with Gasteiger partial charge in [0.15, 0.2) is 0 Å². The van der Waals surface area contributed by atoms with Crippen LogP contribution in [0, 0.1) is 0 Å². The number of nitrogens with zero attached hydrogens (tertiary/aromatic N) is 1. The van der Waals surface area contributed by atoms with E-state index in [2.05, 4.69) is 58.0 Å². The molecule has 0 spiro atoms. The summed E-state index contributed by atoms with van der Waals surface area (Å²) in [4.78, 5) is 4.59. The van der Waals surface area contributed by atoms with Crippen molar-refractivity contribution in [3.63, 3.8) is 0 Å². The molecule has 0 aliphatic rings. The maximum absolute atomic E-state index is 4.59. The molecule has 0 radical (unpaired) electrons. The fourth-order valence-electron chi connectivity index (χ4n) is 2.06. The Labute approximate surface area is 108 Å². The van der Waals surface area contributed by atoms with Gasteiger partial charge in [-0.2, -0.15) is 0 Å². The van der Waals surface area contributed by atoms with E-state index in [9.17, 15) is 0 Å². The Morgan fingerprint density at radius 1 is 0.941 bits per heavy atom. The minimum atomic E-state index is 0.168. The molecule has 2 heterocycles. The highest BCUT2D eigenvalue weighted by Gasteiger charge is 2.23. The first-order chi connectivity index (χ1) is 7.71. The van der Waals surface area contributed by atoms with E-state index >= 15 is 0 Å². The van der Waals surface area contributed by atoms with Gasteiger partial charge in [0, 0.05) is 6.20 Å². The highest BCUT2D eigenvalue weighted by Crippen LogP contribution is 2.38. The van der Waals surface area contributed by atoms with Crippen LogP contribution in [-0.4, -0.2) is 4.98 Å². The predicted octanol–water partition coefficient (Wildman–Crippen LogP) is 4.89. The quantitative estimate of drug-likeness (QED) is 0.646. The van der Waals surface area contributed by atoms with Gasteiger partial charge in [-0.1, -0.05) is 41.5 Å². The Morgan fingerprint density at radius 2 is 1.53 bits per heavy atom. The van der Waals surface area contributed by atoms with Crippen LogP contribution in [-0.2, 0) is 10.8 Å². The molecule has 0 saturated heterocycles. The number of aromatic nitrogens is 1. The Morgan fingerprint density at radius 3 is 2.06 bits per heavy atom. The summed E-state index contributed by atoms with van der Waals surface area (Å²) in [6.07, 6.45) is 1.95. The summed E-state index contributed by atoms with van der Waals surface area (Å²) in [5.74, 6) is 0. The molecule has 0 aliphatic heterocycles. The smallest absolute Gasteiger partial charge is 0.0849 e. The van der Waals surface area contributed by atoms with Gasteiger partial charge in [0.1, 0.15) is 0 Å². The number of hydrogen-bond donors (Lipinski definition) is 0. The zero-order valence-corrected chi connectivity index (χ0v) is 12.4. The second-order valence-corrected chi connectivity index (χ2v) is 7.57. The summed E-state index contributed by atoms with van der Waals surface area (Å²) >= 11 is 1.83. The Hall–Kier alpha value is -0.890. The molecule has 0 saturated carbocycles. The molecular weight excluding hydrogens is 226 g/mol. The summed E-state index contributed by atoms with van der Waals surface area (Å²) < 4.78 is 1.35. The number of rotatable bonds is 0. The van der Waals surface area contributed by atoms with Crippen molar-refractivity contribution in [1.29, 1.82) is 0 Å². The monoisotopic (exact) mass is 247 g/mol. The van der Waals surface area contributed by atoms with E-state index in [1.807, 2.05) is 17.5 Å². The SMILES string of the molecule is CC(C)(C)c1csc2c(C(C)(C)C)ccnc12. The van der Waals surface area contributed by atoms with Crippen LogP contribution in [0.25, 0.3) is 10.2 Å². The van der Waals surface area contributed by atoms with Gasteiger partial charge < -0.3 is 0 Å². The fourth-order valence-corrected chi connectivity index (χ4v) is 3.53. The van der Waals surface area contributed by atoms with Gasteiger partial charge in [0.05, 0.1) is 10.2 Å². The third-order valence-corrected chi connectivity index (χ3v) is 4.07. The van der Waals surface area contributed by atoms with Gasteiger partial charge in [-0.3, -0.25) is 4.98 Å². The maximum atomic E-state index is 4.59. The molecule has 0 N–H and O–H groups in total. The average Bonchev–Trinajstić information content (AvgIpc) is 2.57. The standard InChI is InChI=1S/C15H21NS/c1-14(2,3)10-7-8-16-12-11(15(4,5)6)9-17-13(10)12/h7-9H,1-6H3. The molecular formula is C15H21NS. The molecule has 0 aliphatic carbocycles. The Kier molecular flexibility index (Phi) is 2.81. The van der Waals surface area contributed by atoms with Crippen LogP contribution < -0.4 is 0 Å². The lowest BCUT2D eigenvalue weighted by atomic mass is 9.85. The Balaban J connectivity index is 2.74. The third kappa shape index (κ3) is 2.23. The fraction of sp³-hybridized carbons (Fsp3) is 0.533. The molecule has 0 aromatic carbocycles. The molecule has 2 aromatic rings. The molecule has 2 heteroatoms. The normalized spacial score (nSPS) is 13.3. The molecule has 1 nitrogen and oxygen atoms in total.